The van der Waals surface area contributed by atoms with Crippen LogP contribution in [0.4, 0.5) is 4.79 Å². The van der Waals surface area contributed by atoms with Crippen molar-refractivity contribution in [3.8, 4) is 11.1 Å². The molecule has 0 aliphatic carbocycles. The summed E-state index contributed by atoms with van der Waals surface area (Å²) < 4.78 is 5.68. The number of carbonyl (C=O) groups is 1. The van der Waals surface area contributed by atoms with E-state index in [2.05, 4.69) is 54.6 Å². The molecule has 2 unspecified atom stereocenters. The third-order valence-electron chi connectivity index (χ3n) is 6.39. The molecular weight excluding hydrogens is 382 g/mol. The van der Waals surface area contributed by atoms with Gasteiger partial charge in [-0.3, -0.25) is 4.90 Å². The van der Waals surface area contributed by atoms with Gasteiger partial charge in [-0.15, -0.1) is 0 Å². The number of piperidine rings is 1. The first-order valence-corrected chi connectivity index (χ1v) is 11.1. The van der Waals surface area contributed by atoms with E-state index in [-0.39, 0.29) is 18.2 Å². The Kier molecular flexibility index (Phi) is 5.57. The molecule has 0 spiro atoms. The van der Waals surface area contributed by atoms with Crippen LogP contribution in [-0.4, -0.2) is 23.1 Å². The third kappa shape index (κ3) is 4.27. The van der Waals surface area contributed by atoms with Gasteiger partial charge in [-0.1, -0.05) is 84.9 Å². The third-order valence-corrected chi connectivity index (χ3v) is 6.39. The van der Waals surface area contributed by atoms with E-state index in [1.807, 2.05) is 41.3 Å². The Bertz CT molecular complexity index is 1070. The van der Waals surface area contributed by atoms with Gasteiger partial charge in [0, 0.05) is 6.04 Å². The van der Waals surface area contributed by atoms with E-state index in [0.717, 1.165) is 31.2 Å². The minimum absolute atomic E-state index is 0.117. The van der Waals surface area contributed by atoms with Crippen LogP contribution in [0.25, 0.3) is 16.7 Å². The Morgan fingerprint density at radius 1 is 0.839 bits per heavy atom. The van der Waals surface area contributed by atoms with Crippen molar-refractivity contribution in [1.82, 2.24) is 4.90 Å². The Morgan fingerprint density at radius 2 is 1.55 bits per heavy atom. The van der Waals surface area contributed by atoms with Crippen LogP contribution in [0, 0.1) is 0 Å². The van der Waals surface area contributed by atoms with Gasteiger partial charge in [0.15, 0.2) is 0 Å². The van der Waals surface area contributed by atoms with Crippen molar-refractivity contribution in [2.24, 2.45) is 0 Å². The van der Waals surface area contributed by atoms with Gasteiger partial charge in [-0.2, -0.15) is 0 Å². The van der Waals surface area contributed by atoms with Crippen molar-refractivity contribution >= 4 is 11.7 Å². The van der Waals surface area contributed by atoms with E-state index in [9.17, 15) is 4.79 Å². The summed E-state index contributed by atoms with van der Waals surface area (Å²) in [7, 11) is 0. The van der Waals surface area contributed by atoms with E-state index in [1.165, 1.54) is 22.3 Å². The predicted octanol–water partition coefficient (Wildman–Crippen LogP) is 6.70. The number of benzene rings is 3. The summed E-state index contributed by atoms with van der Waals surface area (Å²) in [4.78, 5) is 14.9. The molecule has 0 N–H and O–H groups in total. The molecule has 1 amide bonds. The lowest BCUT2D eigenvalue weighted by molar-refractivity contribution is 0.0510. The van der Waals surface area contributed by atoms with E-state index < -0.39 is 0 Å². The second kappa shape index (κ2) is 8.81. The largest absolute Gasteiger partial charge is 0.445 e. The molecule has 5 rings (SSSR count). The summed E-state index contributed by atoms with van der Waals surface area (Å²) in [6.45, 7) is 0.325. The van der Waals surface area contributed by atoms with Gasteiger partial charge < -0.3 is 4.74 Å². The van der Waals surface area contributed by atoms with Crippen LogP contribution in [0.5, 0.6) is 0 Å². The average Bonchev–Trinajstić information content (AvgIpc) is 2.83. The van der Waals surface area contributed by atoms with Gasteiger partial charge in [0.05, 0.1) is 6.04 Å². The van der Waals surface area contributed by atoms with Crippen molar-refractivity contribution in [1.29, 1.82) is 0 Å². The molecule has 0 aromatic heterocycles. The molecule has 1 saturated heterocycles. The number of rotatable bonds is 4. The van der Waals surface area contributed by atoms with Crippen LogP contribution in [0.1, 0.15) is 36.8 Å². The molecule has 2 aliphatic heterocycles. The highest BCUT2D eigenvalue weighted by atomic mass is 16.6. The summed E-state index contributed by atoms with van der Waals surface area (Å²) in [5.74, 6) is 0. The second-order valence-electron chi connectivity index (χ2n) is 8.44. The molecule has 3 aromatic carbocycles. The fraction of sp³-hybridized carbons (Fsp3) is 0.250. The highest BCUT2D eigenvalue weighted by Crippen LogP contribution is 2.38. The van der Waals surface area contributed by atoms with E-state index in [0.29, 0.717) is 6.61 Å². The smallest absolute Gasteiger partial charge is 0.410 e. The van der Waals surface area contributed by atoms with Crippen LogP contribution in [-0.2, 0) is 11.3 Å². The maximum absolute atomic E-state index is 12.9. The second-order valence-corrected chi connectivity index (χ2v) is 8.44. The summed E-state index contributed by atoms with van der Waals surface area (Å²) in [6, 6.07) is 29.5. The normalized spacial score (nSPS) is 20.1. The van der Waals surface area contributed by atoms with Gasteiger partial charge in [0.2, 0.25) is 0 Å². The molecule has 31 heavy (non-hydrogen) atoms. The summed E-state index contributed by atoms with van der Waals surface area (Å²) in [5.41, 5.74) is 6.09. The van der Waals surface area contributed by atoms with Crippen LogP contribution in [0.3, 0.4) is 0 Å². The van der Waals surface area contributed by atoms with Gasteiger partial charge in [0.25, 0.3) is 0 Å². The van der Waals surface area contributed by atoms with Crippen LogP contribution >= 0.6 is 0 Å². The number of hydrogen-bond donors (Lipinski definition) is 0. The quantitative estimate of drug-likeness (QED) is 0.480. The van der Waals surface area contributed by atoms with Gasteiger partial charge in [-0.25, -0.2) is 4.79 Å². The minimum Gasteiger partial charge on any atom is -0.445 e. The first-order chi connectivity index (χ1) is 15.3. The number of ether oxygens (including phenoxy) is 1. The van der Waals surface area contributed by atoms with Crippen LogP contribution < -0.4 is 0 Å². The van der Waals surface area contributed by atoms with Crippen LogP contribution in [0.15, 0.2) is 91.0 Å². The Hall–Kier alpha value is -3.33. The van der Waals surface area contributed by atoms with Gasteiger partial charge in [-0.05, 0) is 59.6 Å². The van der Waals surface area contributed by atoms with E-state index >= 15 is 0 Å². The van der Waals surface area contributed by atoms with E-state index in [4.69, 9.17) is 4.74 Å². The van der Waals surface area contributed by atoms with E-state index in [1.54, 1.807) is 0 Å². The lowest BCUT2D eigenvalue weighted by Crippen LogP contribution is -2.51. The first kappa shape index (κ1) is 19.6. The number of fused-ring (bicyclic) bond motifs is 2. The maximum atomic E-state index is 12.9. The zero-order valence-corrected chi connectivity index (χ0v) is 17.6. The topological polar surface area (TPSA) is 29.5 Å². The fourth-order valence-corrected chi connectivity index (χ4v) is 4.85. The number of carbonyl (C=O) groups excluding carboxylic acids is 1. The number of amides is 1. The van der Waals surface area contributed by atoms with Crippen molar-refractivity contribution in [3.05, 3.63) is 102 Å². The van der Waals surface area contributed by atoms with Crippen molar-refractivity contribution in [3.63, 3.8) is 0 Å². The number of nitrogens with zero attached hydrogens (tertiary/aromatic N) is 1. The maximum Gasteiger partial charge on any atom is 0.410 e. The van der Waals surface area contributed by atoms with Crippen LogP contribution in [0.2, 0.25) is 0 Å². The average molecular weight is 410 g/mol. The predicted molar refractivity (Wildman–Crippen MR) is 124 cm³/mol. The summed E-state index contributed by atoms with van der Waals surface area (Å²) >= 11 is 0. The lowest BCUT2D eigenvalue weighted by atomic mass is 9.82. The van der Waals surface area contributed by atoms with Crippen molar-refractivity contribution in [2.45, 2.75) is 44.4 Å². The highest BCUT2D eigenvalue weighted by molar-refractivity contribution is 5.77. The first-order valence-electron chi connectivity index (χ1n) is 11.1. The monoisotopic (exact) mass is 409 g/mol. The van der Waals surface area contributed by atoms with Gasteiger partial charge >= 0.3 is 6.09 Å². The summed E-state index contributed by atoms with van der Waals surface area (Å²) in [6.07, 6.45) is 6.18. The molecule has 2 aliphatic rings. The number of hydrogen-bond acceptors (Lipinski definition) is 2. The fourth-order valence-electron chi connectivity index (χ4n) is 4.85. The molecule has 2 heterocycles. The molecule has 3 heteroatoms. The van der Waals surface area contributed by atoms with Crippen molar-refractivity contribution < 1.29 is 9.53 Å². The molecular formula is C28H27NO2. The molecule has 1 fully saturated rings. The highest BCUT2D eigenvalue weighted by Gasteiger charge is 2.38. The molecule has 3 aromatic rings. The summed E-state index contributed by atoms with van der Waals surface area (Å²) in [5, 5.41) is 0. The zero-order valence-electron chi connectivity index (χ0n) is 17.6. The van der Waals surface area contributed by atoms with Crippen molar-refractivity contribution in [2.75, 3.05) is 0 Å². The Labute approximate surface area is 184 Å². The minimum atomic E-state index is -0.188. The Balaban J connectivity index is 1.35. The molecule has 0 saturated carbocycles. The Morgan fingerprint density at radius 3 is 2.32 bits per heavy atom. The molecule has 2 atom stereocenters. The lowest BCUT2D eigenvalue weighted by Gasteiger charge is -2.44. The molecule has 2 bridgehead atoms. The molecule has 156 valence electrons. The zero-order chi connectivity index (χ0) is 21.0. The molecule has 3 nitrogen and oxygen atoms in total. The van der Waals surface area contributed by atoms with Gasteiger partial charge in [0.1, 0.15) is 6.61 Å². The SMILES string of the molecule is O=C(OCc1ccccc1)N1C2C=C(c3cccc(-c4ccccc4)c3)CC1CCC2. The standard InChI is InChI=1S/C28H27NO2/c30-28(31-20-21-9-3-1-4-10-21)29-26-15-8-16-27(29)19-25(18-26)24-14-7-13-23(17-24)22-11-5-2-6-12-22/h1-7,9-14,17-18,26-27H,8,15-16,19-20H2. The molecule has 0 radical (unpaired) electrons.